The number of fused-ring (bicyclic) bond motifs is 9. The number of aryl methyl sites for hydroxylation is 3. The van der Waals surface area contributed by atoms with Gasteiger partial charge in [-0.1, -0.05) is 18.2 Å². The maximum atomic E-state index is 5.36. The Morgan fingerprint density at radius 1 is 0.458 bits per heavy atom. The van der Waals surface area contributed by atoms with Crippen LogP contribution in [0, 0.1) is 32.3 Å². The van der Waals surface area contributed by atoms with Gasteiger partial charge in [-0.05, 0) is 119 Å². The molecular weight excluding hydrogens is 1070 g/mol. The summed E-state index contributed by atoms with van der Waals surface area (Å²) in [6, 6.07) is 45.4. The van der Waals surface area contributed by atoms with Crippen molar-refractivity contribution in [3.05, 3.63) is 287 Å². The van der Waals surface area contributed by atoms with Gasteiger partial charge in [0.25, 0.3) is 0 Å². The second-order valence-electron chi connectivity index (χ2n) is 18.8. The predicted molar refractivity (Wildman–Crippen MR) is 270 cm³/mol. The molecule has 0 saturated heterocycles. The molecule has 0 radical (unpaired) electrons. The molecule has 8 heterocycles. The van der Waals surface area contributed by atoms with Crippen LogP contribution >= 0.6 is 0 Å². The molecule has 9 nitrogen and oxygen atoms in total. The second-order valence-corrected chi connectivity index (χ2v) is 18.8. The fraction of sp³-hybridized carbons (Fsp3) is 0.0968. The van der Waals surface area contributed by atoms with Crippen LogP contribution in [-0.2, 0) is 44.5 Å². The topological polar surface area (TPSA) is 99.0 Å². The molecule has 0 N–H and O–H groups in total. The van der Waals surface area contributed by atoms with Crippen molar-refractivity contribution in [1.29, 1.82) is 0 Å². The summed E-state index contributed by atoms with van der Waals surface area (Å²) >= 11 is 0. The van der Waals surface area contributed by atoms with Crippen molar-refractivity contribution in [2.24, 2.45) is 7.05 Å². The molecule has 3 aliphatic carbocycles. The SMILES string of the molecule is Cc1cccc(C)c1-c1ccnc(C2(c3[c-]c(C4(c5[c-]c(C6(n7[c-][n+](C)cc7)c7ccncc7-c7cnccc76)ccc5)c5ccncc5-c5cnccc54)ccc3)c3ccncc3-c3cnccc32)c1.[Pt]. The van der Waals surface area contributed by atoms with Gasteiger partial charge in [0.1, 0.15) is 5.54 Å². The summed E-state index contributed by atoms with van der Waals surface area (Å²) in [5, 5.41) is 0. The third-order valence-electron chi connectivity index (χ3n) is 15.4. The number of imidazole rings is 1. The Labute approximate surface area is 431 Å². The van der Waals surface area contributed by atoms with E-state index in [0.29, 0.717) is 0 Å². The third-order valence-corrected chi connectivity index (χ3v) is 15.4. The van der Waals surface area contributed by atoms with Crippen LogP contribution in [0.15, 0.2) is 196 Å². The molecule has 10 heteroatoms. The molecule has 346 valence electrons. The fourth-order valence-corrected chi connectivity index (χ4v) is 12.6. The monoisotopic (exact) mass is 1110 g/mol. The number of rotatable bonds is 7. The average molecular weight is 1110 g/mol. The van der Waals surface area contributed by atoms with E-state index in [9.17, 15) is 0 Å². The predicted octanol–water partition coefficient (Wildman–Crippen LogP) is 10.3. The molecule has 0 amide bonds. The van der Waals surface area contributed by atoms with Crippen LogP contribution in [0.25, 0.3) is 44.5 Å². The van der Waals surface area contributed by atoms with Crippen molar-refractivity contribution < 1.29 is 25.6 Å². The number of benzene rings is 3. The zero-order valence-corrected chi connectivity index (χ0v) is 41.6. The van der Waals surface area contributed by atoms with Crippen LogP contribution in [0.2, 0.25) is 0 Å². The summed E-state index contributed by atoms with van der Waals surface area (Å²) in [4.78, 5) is 33.5. The Hall–Kier alpha value is -8.39. The molecule has 0 atom stereocenters. The van der Waals surface area contributed by atoms with E-state index >= 15 is 0 Å². The Morgan fingerprint density at radius 2 is 0.861 bits per heavy atom. The first-order chi connectivity index (χ1) is 34.9. The summed E-state index contributed by atoms with van der Waals surface area (Å²) in [7, 11) is 2.00. The van der Waals surface area contributed by atoms with Gasteiger partial charge in [-0.2, -0.15) is 48.5 Å². The minimum absolute atomic E-state index is 0. The summed E-state index contributed by atoms with van der Waals surface area (Å²) < 4.78 is 4.14. The molecule has 0 spiro atoms. The molecule has 14 rings (SSSR count). The first-order valence-electron chi connectivity index (χ1n) is 23.7. The molecule has 11 aromatic rings. The Kier molecular flexibility index (Phi) is 9.90. The summed E-state index contributed by atoms with van der Waals surface area (Å²) in [6.07, 6.45) is 32.8. The first-order valence-corrected chi connectivity index (χ1v) is 23.7. The standard InChI is InChI=1S/C62H41N9.Pt/c1-39-7-4-8-40(2)59(39)41-13-26-69-58(29-41)61(54-16-22-65-34-48(54)49-35-66-23-17-55(49)61)44-11-5-9-42(30-44)60(52-14-20-63-32-46(52)47-33-64-21-15-53(47)60)43-10-6-12-45(31-43)62(71-28-27-70(3)38-71)56-18-24-67-36-50(56)51-37-68-25-19-57(51)62;/h4-29,32-37H,1-3H3;/q-2;. The van der Waals surface area contributed by atoms with Crippen LogP contribution < -0.4 is 4.57 Å². The number of hydrogen-bond acceptors (Lipinski definition) is 7. The van der Waals surface area contributed by atoms with E-state index in [1.165, 1.54) is 16.7 Å². The molecular formula is C62H41N9Pt-2. The zero-order chi connectivity index (χ0) is 47.5. The van der Waals surface area contributed by atoms with Crippen molar-refractivity contribution in [3.63, 3.8) is 0 Å². The molecule has 0 aliphatic heterocycles. The molecule has 8 aromatic heterocycles. The number of pyridine rings is 7. The first kappa shape index (κ1) is 43.6. The van der Waals surface area contributed by atoms with Crippen molar-refractivity contribution in [2.75, 3.05) is 0 Å². The van der Waals surface area contributed by atoms with E-state index in [2.05, 4.69) is 166 Å². The molecule has 72 heavy (non-hydrogen) atoms. The maximum absolute atomic E-state index is 5.36. The summed E-state index contributed by atoms with van der Waals surface area (Å²) in [5.41, 5.74) is 19.1. The molecule has 0 unspecified atom stereocenters. The van der Waals surface area contributed by atoms with Crippen LogP contribution in [0.5, 0.6) is 0 Å². The smallest absolute Gasteiger partial charge is 0.204 e. The van der Waals surface area contributed by atoms with E-state index < -0.39 is 16.4 Å². The Morgan fingerprint density at radius 3 is 1.33 bits per heavy atom. The third kappa shape index (κ3) is 5.74. The number of nitrogens with zero attached hydrogens (tertiary/aromatic N) is 9. The average Bonchev–Trinajstić information content (AvgIpc) is 4.16. The van der Waals surface area contributed by atoms with Gasteiger partial charge in [0.15, 0.2) is 0 Å². The molecule has 0 fully saturated rings. The van der Waals surface area contributed by atoms with Gasteiger partial charge < -0.3 is 9.13 Å². The summed E-state index contributed by atoms with van der Waals surface area (Å²) in [5.74, 6) is 0. The van der Waals surface area contributed by atoms with Gasteiger partial charge in [-0.3, -0.25) is 34.9 Å². The molecule has 3 aliphatic rings. The van der Waals surface area contributed by atoms with Crippen LogP contribution in [0.3, 0.4) is 0 Å². The molecule has 0 saturated carbocycles. The number of hydrogen-bond donors (Lipinski definition) is 0. The van der Waals surface area contributed by atoms with Crippen molar-refractivity contribution >= 4 is 0 Å². The van der Waals surface area contributed by atoms with Crippen LogP contribution in [0.4, 0.5) is 0 Å². The van der Waals surface area contributed by atoms with E-state index in [1.54, 1.807) is 0 Å². The minimum atomic E-state index is -0.953. The number of aromatic nitrogens is 9. The zero-order valence-electron chi connectivity index (χ0n) is 39.3. The second kappa shape index (κ2) is 16.3. The maximum Gasteiger partial charge on any atom is 0.204 e. The molecule has 3 aromatic carbocycles. The van der Waals surface area contributed by atoms with Crippen molar-refractivity contribution in [1.82, 2.24) is 39.5 Å². The van der Waals surface area contributed by atoms with E-state index in [0.717, 1.165) is 100 Å². The Bertz CT molecular complexity index is 3830. The summed E-state index contributed by atoms with van der Waals surface area (Å²) in [6.45, 7) is 4.36. The normalized spacial score (nSPS) is 14.5. The van der Waals surface area contributed by atoms with E-state index in [-0.39, 0.29) is 21.1 Å². The van der Waals surface area contributed by atoms with Crippen molar-refractivity contribution in [2.45, 2.75) is 30.2 Å². The fourth-order valence-electron chi connectivity index (χ4n) is 12.6. The van der Waals surface area contributed by atoms with Crippen LogP contribution in [-0.4, -0.2) is 39.5 Å². The largest absolute Gasteiger partial charge is 0.354 e. The minimum Gasteiger partial charge on any atom is -0.354 e. The quantitative estimate of drug-likeness (QED) is 0.116. The van der Waals surface area contributed by atoms with Gasteiger partial charge >= 0.3 is 0 Å². The van der Waals surface area contributed by atoms with Gasteiger partial charge in [0.2, 0.25) is 6.33 Å². The van der Waals surface area contributed by atoms with Gasteiger partial charge in [-0.25, -0.2) is 0 Å². The van der Waals surface area contributed by atoms with E-state index in [1.807, 2.05) is 98.4 Å². The van der Waals surface area contributed by atoms with Crippen LogP contribution in [0.1, 0.15) is 72.5 Å². The Balaban J connectivity index is 0.00000504. The van der Waals surface area contributed by atoms with Gasteiger partial charge in [0.05, 0.1) is 18.2 Å². The van der Waals surface area contributed by atoms with E-state index in [4.69, 9.17) is 15.0 Å². The van der Waals surface area contributed by atoms with Crippen molar-refractivity contribution in [3.8, 4) is 44.5 Å². The molecule has 0 bridgehead atoms. The van der Waals surface area contributed by atoms with Gasteiger partial charge in [-0.15, -0.1) is 22.3 Å². The van der Waals surface area contributed by atoms with Gasteiger partial charge in [0, 0.05) is 152 Å².